The summed E-state index contributed by atoms with van der Waals surface area (Å²) in [5.74, 6) is 0.151. The summed E-state index contributed by atoms with van der Waals surface area (Å²) in [6.45, 7) is 1.28. The second-order valence-electron chi connectivity index (χ2n) is 6.25. The number of nitrogens with two attached hydrogens (primary N) is 1. The molecule has 1 saturated heterocycles. The fourth-order valence-electron chi connectivity index (χ4n) is 3.20. The van der Waals surface area contributed by atoms with E-state index < -0.39 is 6.10 Å². The summed E-state index contributed by atoms with van der Waals surface area (Å²) in [6, 6.07) is 14.3. The van der Waals surface area contributed by atoms with E-state index in [1.54, 1.807) is 36.4 Å². The number of aliphatic hydroxyl groups excluding tert-OH is 1. The van der Waals surface area contributed by atoms with Crippen molar-refractivity contribution in [2.75, 3.05) is 18.8 Å². The van der Waals surface area contributed by atoms with E-state index in [0.29, 0.717) is 29.4 Å². The minimum atomic E-state index is -0.521. The van der Waals surface area contributed by atoms with Crippen molar-refractivity contribution in [3.05, 3.63) is 64.7 Å². The highest BCUT2D eigenvalue weighted by molar-refractivity contribution is 6.30. The van der Waals surface area contributed by atoms with E-state index in [1.165, 1.54) is 0 Å². The fraction of sp³-hybridized carbons (Fsp3) is 0.316. The van der Waals surface area contributed by atoms with E-state index >= 15 is 0 Å². The van der Waals surface area contributed by atoms with Crippen LogP contribution in [-0.4, -0.2) is 29.0 Å². The van der Waals surface area contributed by atoms with E-state index in [1.807, 2.05) is 17.0 Å². The maximum atomic E-state index is 12.5. The van der Waals surface area contributed by atoms with Gasteiger partial charge in [-0.2, -0.15) is 0 Å². The quantitative estimate of drug-likeness (QED) is 0.792. The summed E-state index contributed by atoms with van der Waals surface area (Å²) in [5.41, 5.74) is 7.83. The Bertz CT molecular complexity index is 714. The van der Waals surface area contributed by atoms with E-state index in [0.717, 1.165) is 18.4 Å². The summed E-state index contributed by atoms with van der Waals surface area (Å²) in [6.07, 6.45) is 1.03. The predicted octanol–water partition coefficient (Wildman–Crippen LogP) is 3.93. The number of aliphatic hydroxyl groups is 1. The van der Waals surface area contributed by atoms with Gasteiger partial charge in [0.15, 0.2) is 0 Å². The van der Waals surface area contributed by atoms with Gasteiger partial charge in [0, 0.05) is 29.4 Å². The monoisotopic (exact) mass is 380 g/mol. The number of halogens is 2. The Hall–Kier alpha value is -1.75. The number of hydrogen-bond donors (Lipinski definition) is 2. The molecule has 1 heterocycles. The first-order valence-corrected chi connectivity index (χ1v) is 8.51. The highest BCUT2D eigenvalue weighted by atomic mass is 35.5. The summed E-state index contributed by atoms with van der Waals surface area (Å²) in [7, 11) is 0. The number of nitrogen functional groups attached to an aromatic ring is 1. The topological polar surface area (TPSA) is 66.6 Å². The lowest BCUT2D eigenvalue weighted by molar-refractivity contribution is 0.0462. The number of piperidine rings is 1. The van der Waals surface area contributed by atoms with Crippen LogP contribution in [-0.2, 0) is 0 Å². The van der Waals surface area contributed by atoms with Crippen LogP contribution in [0.3, 0.4) is 0 Å². The van der Waals surface area contributed by atoms with E-state index in [4.69, 9.17) is 17.3 Å². The molecule has 3 rings (SSSR count). The number of amides is 1. The zero-order valence-corrected chi connectivity index (χ0v) is 15.3. The van der Waals surface area contributed by atoms with Gasteiger partial charge in [-0.15, -0.1) is 12.4 Å². The maximum Gasteiger partial charge on any atom is 0.253 e. The molecule has 0 saturated carbocycles. The van der Waals surface area contributed by atoms with Gasteiger partial charge in [0.25, 0.3) is 5.91 Å². The highest BCUT2D eigenvalue weighted by Gasteiger charge is 2.28. The first-order chi connectivity index (χ1) is 11.5. The molecule has 3 N–H and O–H groups in total. The molecule has 1 aliphatic heterocycles. The first kappa shape index (κ1) is 19.6. The number of anilines is 1. The third-order valence-corrected chi connectivity index (χ3v) is 4.87. The van der Waals surface area contributed by atoms with Gasteiger partial charge < -0.3 is 15.7 Å². The van der Waals surface area contributed by atoms with Crippen molar-refractivity contribution < 1.29 is 9.90 Å². The molecule has 6 heteroatoms. The standard InChI is InChI=1S/C19H21ClN2O2.ClH/c20-16-6-4-13(5-7-16)18(23)14-8-10-22(11-9-14)19(24)15-2-1-3-17(21)12-15;/h1-7,12,14,18,23H,8-11,21H2;1H. The number of likely N-dealkylation sites (tertiary alicyclic amines) is 1. The van der Waals surface area contributed by atoms with Crippen LogP contribution in [0.1, 0.15) is 34.9 Å². The lowest BCUT2D eigenvalue weighted by Crippen LogP contribution is -2.39. The van der Waals surface area contributed by atoms with Gasteiger partial charge in [0.1, 0.15) is 0 Å². The molecule has 2 aromatic carbocycles. The average molecular weight is 381 g/mol. The molecular weight excluding hydrogens is 359 g/mol. The number of carbonyl (C=O) groups is 1. The van der Waals surface area contributed by atoms with E-state index in [9.17, 15) is 9.90 Å². The first-order valence-electron chi connectivity index (χ1n) is 8.13. The number of rotatable bonds is 3. The van der Waals surface area contributed by atoms with Crippen molar-refractivity contribution in [3.8, 4) is 0 Å². The van der Waals surface area contributed by atoms with E-state index in [-0.39, 0.29) is 24.2 Å². The molecular formula is C19H22Cl2N2O2. The molecule has 1 amide bonds. The zero-order chi connectivity index (χ0) is 17.1. The van der Waals surface area contributed by atoms with Gasteiger partial charge >= 0.3 is 0 Å². The van der Waals surface area contributed by atoms with Gasteiger partial charge in [-0.25, -0.2) is 0 Å². The lowest BCUT2D eigenvalue weighted by atomic mass is 9.87. The van der Waals surface area contributed by atoms with Crippen LogP contribution < -0.4 is 5.73 Å². The van der Waals surface area contributed by atoms with Gasteiger partial charge in [-0.1, -0.05) is 29.8 Å². The fourth-order valence-corrected chi connectivity index (χ4v) is 3.33. The third-order valence-electron chi connectivity index (χ3n) is 4.62. The second kappa shape index (κ2) is 8.56. The molecule has 0 radical (unpaired) electrons. The van der Waals surface area contributed by atoms with Gasteiger partial charge in [-0.05, 0) is 54.7 Å². The zero-order valence-electron chi connectivity index (χ0n) is 13.8. The van der Waals surface area contributed by atoms with Gasteiger partial charge in [-0.3, -0.25) is 4.79 Å². The van der Waals surface area contributed by atoms with Crippen molar-refractivity contribution in [1.29, 1.82) is 0 Å². The van der Waals surface area contributed by atoms with Crippen LogP contribution in [0.4, 0.5) is 5.69 Å². The molecule has 1 fully saturated rings. The number of hydrogen-bond acceptors (Lipinski definition) is 3. The molecule has 0 bridgehead atoms. The van der Waals surface area contributed by atoms with Crippen LogP contribution >= 0.6 is 24.0 Å². The molecule has 0 aliphatic carbocycles. The normalized spacial score (nSPS) is 16.2. The average Bonchev–Trinajstić information content (AvgIpc) is 2.61. The second-order valence-corrected chi connectivity index (χ2v) is 6.69. The van der Waals surface area contributed by atoms with Crippen molar-refractivity contribution in [1.82, 2.24) is 4.90 Å². The number of nitrogens with zero attached hydrogens (tertiary/aromatic N) is 1. The number of benzene rings is 2. The van der Waals surface area contributed by atoms with Crippen molar-refractivity contribution in [2.45, 2.75) is 18.9 Å². The Morgan fingerprint density at radius 1 is 1.16 bits per heavy atom. The summed E-state index contributed by atoms with van der Waals surface area (Å²) in [4.78, 5) is 14.4. The van der Waals surface area contributed by atoms with Crippen LogP contribution in [0.25, 0.3) is 0 Å². The summed E-state index contributed by atoms with van der Waals surface area (Å²) >= 11 is 5.89. The maximum absolute atomic E-state index is 12.5. The molecule has 2 aromatic rings. The van der Waals surface area contributed by atoms with Crippen molar-refractivity contribution in [3.63, 3.8) is 0 Å². The molecule has 0 spiro atoms. The Balaban J connectivity index is 0.00000225. The van der Waals surface area contributed by atoms with Crippen LogP contribution in [0.2, 0.25) is 5.02 Å². The summed E-state index contributed by atoms with van der Waals surface area (Å²) < 4.78 is 0. The molecule has 1 aliphatic rings. The van der Waals surface area contributed by atoms with Crippen LogP contribution in [0, 0.1) is 5.92 Å². The minimum Gasteiger partial charge on any atom is -0.399 e. The van der Waals surface area contributed by atoms with Crippen molar-refractivity contribution >= 4 is 35.6 Å². The molecule has 4 nitrogen and oxygen atoms in total. The Kier molecular flexibility index (Phi) is 6.71. The van der Waals surface area contributed by atoms with Crippen LogP contribution in [0.5, 0.6) is 0 Å². The van der Waals surface area contributed by atoms with Gasteiger partial charge in [0.2, 0.25) is 0 Å². The molecule has 1 unspecified atom stereocenters. The Morgan fingerprint density at radius 3 is 2.40 bits per heavy atom. The third kappa shape index (κ3) is 4.66. The SMILES string of the molecule is Cl.Nc1cccc(C(=O)N2CCC(C(O)c3ccc(Cl)cc3)CC2)c1. The lowest BCUT2D eigenvalue weighted by Gasteiger charge is -2.34. The molecule has 0 aromatic heterocycles. The highest BCUT2D eigenvalue weighted by Crippen LogP contribution is 2.31. The van der Waals surface area contributed by atoms with Crippen LogP contribution in [0.15, 0.2) is 48.5 Å². The Morgan fingerprint density at radius 2 is 1.80 bits per heavy atom. The molecule has 134 valence electrons. The van der Waals surface area contributed by atoms with Gasteiger partial charge in [0.05, 0.1) is 6.10 Å². The largest absolute Gasteiger partial charge is 0.399 e. The summed E-state index contributed by atoms with van der Waals surface area (Å²) in [5, 5.41) is 11.2. The Labute approximate surface area is 159 Å². The van der Waals surface area contributed by atoms with E-state index in [2.05, 4.69) is 0 Å². The molecule has 1 atom stereocenters. The molecule has 25 heavy (non-hydrogen) atoms. The smallest absolute Gasteiger partial charge is 0.253 e. The predicted molar refractivity (Wildman–Crippen MR) is 103 cm³/mol. The minimum absolute atomic E-state index is 0. The number of carbonyl (C=O) groups excluding carboxylic acids is 1. The van der Waals surface area contributed by atoms with Crippen molar-refractivity contribution in [2.24, 2.45) is 5.92 Å².